The summed E-state index contributed by atoms with van der Waals surface area (Å²) in [5, 5.41) is 1.06. The molecule has 0 aliphatic carbocycles. The van der Waals surface area contributed by atoms with Crippen LogP contribution in [-0.4, -0.2) is 29.2 Å². The number of fused-ring (bicyclic) bond motifs is 1. The first-order valence-electron chi connectivity index (χ1n) is 9.74. The van der Waals surface area contributed by atoms with Gasteiger partial charge in [0.2, 0.25) is 0 Å². The number of aromatic nitrogens is 2. The van der Waals surface area contributed by atoms with Crippen molar-refractivity contribution in [3.63, 3.8) is 0 Å². The maximum absolute atomic E-state index is 11.7. The number of hydrogen-bond acceptors (Lipinski definition) is 5. The fourth-order valence-corrected chi connectivity index (χ4v) is 3.02. The van der Waals surface area contributed by atoms with E-state index in [9.17, 15) is 4.79 Å². The predicted molar refractivity (Wildman–Crippen MR) is 109 cm³/mol. The van der Waals surface area contributed by atoms with Crippen LogP contribution in [-0.2, 0) is 22.4 Å². The Balaban J connectivity index is 1.43. The highest BCUT2D eigenvalue weighted by Gasteiger charge is 2.14. The van der Waals surface area contributed by atoms with Crippen LogP contribution in [0.3, 0.4) is 0 Å². The Kier molecular flexibility index (Phi) is 6.95. The highest BCUT2D eigenvalue weighted by molar-refractivity contribution is 5.74. The first-order chi connectivity index (χ1) is 13.7. The molecule has 0 saturated heterocycles. The minimum absolute atomic E-state index is 0.143. The Labute approximate surface area is 165 Å². The van der Waals surface area contributed by atoms with E-state index in [0.717, 1.165) is 40.9 Å². The van der Waals surface area contributed by atoms with Gasteiger partial charge < -0.3 is 9.47 Å². The Morgan fingerprint density at radius 2 is 1.93 bits per heavy atom. The summed E-state index contributed by atoms with van der Waals surface area (Å²) in [4.78, 5) is 20.6. The fraction of sp³-hybridized carbons (Fsp3) is 0.348. The van der Waals surface area contributed by atoms with Crippen molar-refractivity contribution in [2.75, 3.05) is 13.2 Å². The minimum atomic E-state index is -0.152. The van der Waals surface area contributed by atoms with Crippen molar-refractivity contribution in [2.45, 2.75) is 33.1 Å². The molecule has 2 heterocycles. The lowest BCUT2D eigenvalue weighted by Gasteiger charge is -2.11. The molecule has 1 aromatic carbocycles. The van der Waals surface area contributed by atoms with Gasteiger partial charge in [0.05, 0.1) is 19.1 Å². The average molecular weight is 378 g/mol. The molecule has 28 heavy (non-hydrogen) atoms. The molecule has 2 aromatic heterocycles. The second kappa shape index (κ2) is 9.83. The Morgan fingerprint density at radius 3 is 2.71 bits per heavy atom. The molecule has 0 fully saturated rings. The third-order valence-electron chi connectivity index (χ3n) is 4.52. The van der Waals surface area contributed by atoms with E-state index in [-0.39, 0.29) is 11.9 Å². The number of hydrogen-bond donors (Lipinski definition) is 0. The van der Waals surface area contributed by atoms with Gasteiger partial charge in [-0.15, -0.1) is 0 Å². The molecule has 0 aliphatic heterocycles. The van der Waals surface area contributed by atoms with Gasteiger partial charge in [0, 0.05) is 17.3 Å². The standard InChI is InChI=1S/C23H26N2O3/c1-3-27-23(26)17(2)16-18-8-12-21(13-9-18)28-15-5-7-20-11-10-19-6-4-14-24-22(19)25-20/h4,6,8-14,17H,3,5,7,15-16H2,1-2H3. The van der Waals surface area contributed by atoms with Crippen molar-refractivity contribution >= 4 is 17.0 Å². The number of aryl methyl sites for hydroxylation is 1. The topological polar surface area (TPSA) is 61.3 Å². The van der Waals surface area contributed by atoms with Crippen molar-refractivity contribution in [1.82, 2.24) is 9.97 Å². The number of carbonyl (C=O) groups is 1. The lowest BCUT2D eigenvalue weighted by Crippen LogP contribution is -2.16. The normalized spacial score (nSPS) is 11.9. The summed E-state index contributed by atoms with van der Waals surface area (Å²) in [6.45, 7) is 4.75. The van der Waals surface area contributed by atoms with E-state index in [0.29, 0.717) is 19.6 Å². The monoisotopic (exact) mass is 378 g/mol. The van der Waals surface area contributed by atoms with Gasteiger partial charge in [-0.05, 0) is 68.1 Å². The number of carbonyl (C=O) groups excluding carboxylic acids is 1. The summed E-state index contributed by atoms with van der Waals surface area (Å²) in [7, 11) is 0. The first-order valence-corrected chi connectivity index (χ1v) is 9.74. The zero-order valence-electron chi connectivity index (χ0n) is 16.4. The van der Waals surface area contributed by atoms with Crippen LogP contribution in [0.4, 0.5) is 0 Å². The van der Waals surface area contributed by atoms with Gasteiger partial charge in [-0.2, -0.15) is 0 Å². The summed E-state index contributed by atoms with van der Waals surface area (Å²) in [6.07, 6.45) is 4.16. The zero-order chi connectivity index (χ0) is 19.8. The van der Waals surface area contributed by atoms with Crippen molar-refractivity contribution < 1.29 is 14.3 Å². The smallest absolute Gasteiger partial charge is 0.308 e. The third kappa shape index (κ3) is 5.52. The first kappa shape index (κ1) is 19.8. The second-order valence-electron chi connectivity index (χ2n) is 6.81. The van der Waals surface area contributed by atoms with Gasteiger partial charge in [0.15, 0.2) is 5.65 Å². The van der Waals surface area contributed by atoms with E-state index in [4.69, 9.17) is 9.47 Å². The van der Waals surface area contributed by atoms with Crippen molar-refractivity contribution in [2.24, 2.45) is 5.92 Å². The van der Waals surface area contributed by atoms with Crippen molar-refractivity contribution in [3.8, 4) is 5.75 Å². The van der Waals surface area contributed by atoms with E-state index < -0.39 is 0 Å². The number of nitrogens with zero attached hydrogens (tertiary/aromatic N) is 2. The Morgan fingerprint density at radius 1 is 1.11 bits per heavy atom. The summed E-state index contributed by atoms with van der Waals surface area (Å²) in [5.41, 5.74) is 2.91. The Hall–Kier alpha value is -2.95. The molecule has 1 unspecified atom stereocenters. The van der Waals surface area contributed by atoms with Gasteiger partial charge in [0.1, 0.15) is 5.75 Å². The number of pyridine rings is 2. The highest BCUT2D eigenvalue weighted by atomic mass is 16.5. The molecule has 0 bridgehead atoms. The highest BCUT2D eigenvalue weighted by Crippen LogP contribution is 2.17. The molecule has 3 rings (SSSR count). The zero-order valence-corrected chi connectivity index (χ0v) is 16.4. The van der Waals surface area contributed by atoms with Gasteiger partial charge in [-0.1, -0.05) is 19.1 Å². The van der Waals surface area contributed by atoms with E-state index in [1.807, 2.05) is 56.3 Å². The molecule has 0 spiro atoms. The summed E-state index contributed by atoms with van der Waals surface area (Å²) < 4.78 is 10.9. The van der Waals surface area contributed by atoms with Crippen LogP contribution in [0.1, 0.15) is 31.5 Å². The predicted octanol–water partition coefficient (Wildman–Crippen LogP) is 4.38. The lowest BCUT2D eigenvalue weighted by molar-refractivity contribution is -0.147. The lowest BCUT2D eigenvalue weighted by atomic mass is 10.0. The molecule has 3 aromatic rings. The maximum atomic E-state index is 11.7. The number of esters is 1. The van der Waals surface area contributed by atoms with Crippen LogP contribution in [0.2, 0.25) is 0 Å². The molecule has 0 radical (unpaired) electrons. The van der Waals surface area contributed by atoms with Crippen LogP contribution in [0.15, 0.2) is 54.7 Å². The average Bonchev–Trinajstić information content (AvgIpc) is 2.72. The molecule has 0 amide bonds. The SMILES string of the molecule is CCOC(=O)C(C)Cc1ccc(OCCCc2ccc3cccnc3n2)cc1. The largest absolute Gasteiger partial charge is 0.494 e. The summed E-state index contributed by atoms with van der Waals surface area (Å²) >= 11 is 0. The number of ether oxygens (including phenoxy) is 2. The molecule has 146 valence electrons. The molecular weight excluding hydrogens is 352 g/mol. The van der Waals surface area contributed by atoms with Crippen LogP contribution in [0, 0.1) is 5.92 Å². The molecule has 5 heteroatoms. The molecule has 5 nitrogen and oxygen atoms in total. The maximum Gasteiger partial charge on any atom is 0.308 e. The van der Waals surface area contributed by atoms with Gasteiger partial charge >= 0.3 is 5.97 Å². The Bertz CT molecular complexity index is 909. The molecule has 0 aliphatic rings. The van der Waals surface area contributed by atoms with Gasteiger partial charge in [-0.3, -0.25) is 4.79 Å². The van der Waals surface area contributed by atoms with Crippen LogP contribution >= 0.6 is 0 Å². The molecular formula is C23H26N2O3. The summed E-state index contributed by atoms with van der Waals surface area (Å²) in [6, 6.07) is 15.9. The molecule has 0 saturated carbocycles. The fourth-order valence-electron chi connectivity index (χ4n) is 3.02. The molecule has 1 atom stereocenters. The second-order valence-corrected chi connectivity index (χ2v) is 6.81. The van der Waals surface area contributed by atoms with Crippen LogP contribution in [0.25, 0.3) is 11.0 Å². The summed E-state index contributed by atoms with van der Waals surface area (Å²) in [5.74, 6) is 0.539. The van der Waals surface area contributed by atoms with E-state index in [1.54, 1.807) is 6.20 Å². The van der Waals surface area contributed by atoms with E-state index in [1.165, 1.54) is 0 Å². The minimum Gasteiger partial charge on any atom is -0.494 e. The number of benzene rings is 1. The quantitative estimate of drug-likeness (QED) is 0.408. The van der Waals surface area contributed by atoms with Gasteiger partial charge in [0.25, 0.3) is 0 Å². The van der Waals surface area contributed by atoms with E-state index >= 15 is 0 Å². The van der Waals surface area contributed by atoms with Crippen LogP contribution < -0.4 is 4.74 Å². The van der Waals surface area contributed by atoms with Crippen LogP contribution in [0.5, 0.6) is 5.75 Å². The van der Waals surface area contributed by atoms with Crippen molar-refractivity contribution in [1.29, 1.82) is 0 Å². The number of rotatable bonds is 9. The molecule has 0 N–H and O–H groups in total. The third-order valence-corrected chi connectivity index (χ3v) is 4.52. The van der Waals surface area contributed by atoms with Gasteiger partial charge in [-0.25, -0.2) is 9.97 Å². The van der Waals surface area contributed by atoms with Crippen molar-refractivity contribution in [3.05, 3.63) is 66.0 Å². The van der Waals surface area contributed by atoms with E-state index in [2.05, 4.69) is 16.0 Å².